The summed E-state index contributed by atoms with van der Waals surface area (Å²) in [5.41, 5.74) is 1.75. The van der Waals surface area contributed by atoms with Crippen molar-refractivity contribution in [1.82, 2.24) is 0 Å². The standard InChI is InChI=1S/C23H18ClNO4S/c1-13-11-16(29-2)8-9-17(13)21(26)19-20(18-7-4-10-30-18)25(23(28)22(19)27)15-6-3-5-14(24)12-15/h3-12,20,26H,1-2H3/b21-19-. The number of hydrogen-bond acceptors (Lipinski definition) is 5. The normalized spacial score (nSPS) is 18.1. The predicted octanol–water partition coefficient (Wildman–Crippen LogP) is 5.34. The maximum absolute atomic E-state index is 13.1. The summed E-state index contributed by atoms with van der Waals surface area (Å²) in [5.74, 6) is -1.01. The summed E-state index contributed by atoms with van der Waals surface area (Å²) in [4.78, 5) is 28.3. The van der Waals surface area contributed by atoms with Crippen molar-refractivity contribution < 1.29 is 19.4 Å². The summed E-state index contributed by atoms with van der Waals surface area (Å²) in [6.45, 7) is 1.81. The minimum Gasteiger partial charge on any atom is -0.507 e. The highest BCUT2D eigenvalue weighted by atomic mass is 35.5. The lowest BCUT2D eigenvalue weighted by atomic mass is 9.97. The fourth-order valence-electron chi connectivity index (χ4n) is 3.61. The van der Waals surface area contributed by atoms with Crippen LogP contribution in [-0.2, 0) is 9.59 Å². The van der Waals surface area contributed by atoms with Gasteiger partial charge < -0.3 is 9.84 Å². The number of ketones is 1. The van der Waals surface area contributed by atoms with Crippen LogP contribution in [0.2, 0.25) is 5.02 Å². The maximum atomic E-state index is 13.1. The largest absolute Gasteiger partial charge is 0.507 e. The summed E-state index contributed by atoms with van der Waals surface area (Å²) in [7, 11) is 1.56. The molecule has 1 fully saturated rings. The highest BCUT2D eigenvalue weighted by molar-refractivity contribution is 7.10. The van der Waals surface area contributed by atoms with Crippen molar-refractivity contribution in [2.24, 2.45) is 0 Å². The van der Waals surface area contributed by atoms with Gasteiger partial charge in [-0.3, -0.25) is 14.5 Å². The highest BCUT2D eigenvalue weighted by Crippen LogP contribution is 2.44. The number of rotatable bonds is 4. The van der Waals surface area contributed by atoms with E-state index in [1.165, 1.54) is 16.2 Å². The van der Waals surface area contributed by atoms with Gasteiger partial charge in [-0.2, -0.15) is 0 Å². The Balaban J connectivity index is 1.93. The third-order valence-electron chi connectivity index (χ3n) is 5.03. The van der Waals surface area contributed by atoms with E-state index in [0.717, 1.165) is 10.4 Å². The summed E-state index contributed by atoms with van der Waals surface area (Å²) < 4.78 is 5.22. The number of benzene rings is 2. The van der Waals surface area contributed by atoms with Gasteiger partial charge in [-0.25, -0.2) is 0 Å². The molecular weight excluding hydrogens is 422 g/mol. The first-order chi connectivity index (χ1) is 14.4. The Morgan fingerprint density at radius 3 is 2.57 bits per heavy atom. The average molecular weight is 440 g/mol. The van der Waals surface area contributed by atoms with Crippen molar-refractivity contribution in [2.45, 2.75) is 13.0 Å². The molecule has 1 aliphatic rings. The van der Waals surface area contributed by atoms with Crippen LogP contribution in [-0.4, -0.2) is 23.9 Å². The van der Waals surface area contributed by atoms with Crippen LogP contribution in [0.5, 0.6) is 5.75 Å². The monoisotopic (exact) mass is 439 g/mol. The Bertz CT molecular complexity index is 1170. The van der Waals surface area contributed by atoms with E-state index in [4.69, 9.17) is 16.3 Å². The van der Waals surface area contributed by atoms with Crippen LogP contribution in [0.4, 0.5) is 5.69 Å². The molecule has 152 valence electrons. The molecule has 0 bridgehead atoms. The smallest absolute Gasteiger partial charge is 0.300 e. The van der Waals surface area contributed by atoms with Crippen LogP contribution in [0.1, 0.15) is 22.0 Å². The second-order valence-corrected chi connectivity index (χ2v) is 8.26. The predicted molar refractivity (Wildman–Crippen MR) is 118 cm³/mol. The number of aliphatic hydroxyl groups excluding tert-OH is 1. The zero-order valence-electron chi connectivity index (χ0n) is 16.3. The lowest BCUT2D eigenvalue weighted by Crippen LogP contribution is -2.29. The lowest BCUT2D eigenvalue weighted by molar-refractivity contribution is -0.132. The van der Waals surface area contributed by atoms with Gasteiger partial charge >= 0.3 is 0 Å². The summed E-state index contributed by atoms with van der Waals surface area (Å²) in [5, 5.41) is 13.5. The van der Waals surface area contributed by atoms with Crippen LogP contribution < -0.4 is 9.64 Å². The molecule has 1 atom stereocenters. The van der Waals surface area contributed by atoms with Crippen molar-refractivity contribution in [3.63, 3.8) is 0 Å². The van der Waals surface area contributed by atoms with E-state index in [0.29, 0.717) is 22.0 Å². The molecule has 5 nitrogen and oxygen atoms in total. The number of halogens is 1. The Morgan fingerprint density at radius 1 is 1.13 bits per heavy atom. The molecule has 30 heavy (non-hydrogen) atoms. The molecule has 3 aromatic rings. The molecule has 1 saturated heterocycles. The molecule has 0 spiro atoms. The third kappa shape index (κ3) is 3.38. The molecule has 1 aromatic heterocycles. The molecule has 0 aliphatic carbocycles. The van der Waals surface area contributed by atoms with Crippen molar-refractivity contribution >= 4 is 46.1 Å². The van der Waals surface area contributed by atoms with Gasteiger partial charge in [0.25, 0.3) is 11.7 Å². The summed E-state index contributed by atoms with van der Waals surface area (Å²) >= 11 is 7.54. The van der Waals surface area contributed by atoms with E-state index in [2.05, 4.69) is 0 Å². The Labute approximate surface area is 182 Å². The minimum absolute atomic E-state index is 0.0516. The van der Waals surface area contributed by atoms with Crippen LogP contribution in [0.25, 0.3) is 5.76 Å². The summed E-state index contributed by atoms with van der Waals surface area (Å²) in [6, 6.07) is 14.9. The molecule has 2 aromatic carbocycles. The van der Waals surface area contributed by atoms with Gasteiger partial charge in [0.05, 0.1) is 12.7 Å². The van der Waals surface area contributed by atoms with Crippen molar-refractivity contribution in [3.8, 4) is 5.75 Å². The first-order valence-corrected chi connectivity index (χ1v) is 10.4. The maximum Gasteiger partial charge on any atom is 0.300 e. The minimum atomic E-state index is -0.745. The van der Waals surface area contributed by atoms with Crippen molar-refractivity contribution in [2.75, 3.05) is 12.0 Å². The average Bonchev–Trinajstić information content (AvgIpc) is 3.34. The molecule has 1 amide bonds. The number of aryl methyl sites for hydroxylation is 1. The first-order valence-electron chi connectivity index (χ1n) is 9.17. The molecule has 0 saturated carbocycles. The van der Waals surface area contributed by atoms with E-state index in [1.54, 1.807) is 49.6 Å². The number of nitrogens with zero attached hydrogens (tertiary/aromatic N) is 1. The van der Waals surface area contributed by atoms with E-state index in [1.807, 2.05) is 24.4 Å². The van der Waals surface area contributed by atoms with Crippen LogP contribution in [0.3, 0.4) is 0 Å². The molecule has 1 unspecified atom stereocenters. The second-order valence-electron chi connectivity index (χ2n) is 6.85. The van der Waals surface area contributed by atoms with Gasteiger partial charge in [0.15, 0.2) is 0 Å². The van der Waals surface area contributed by atoms with Gasteiger partial charge in [0.2, 0.25) is 0 Å². The number of methoxy groups -OCH3 is 1. The second kappa shape index (κ2) is 7.97. The van der Waals surface area contributed by atoms with E-state index in [-0.39, 0.29) is 11.3 Å². The fraction of sp³-hybridized carbons (Fsp3) is 0.130. The SMILES string of the molecule is COc1ccc(/C(O)=C2/C(=O)C(=O)N(c3cccc(Cl)c3)C2c2cccs2)c(C)c1. The Morgan fingerprint density at radius 2 is 1.93 bits per heavy atom. The number of thiophene rings is 1. The summed E-state index contributed by atoms with van der Waals surface area (Å²) in [6.07, 6.45) is 0. The molecule has 2 heterocycles. The van der Waals surface area contributed by atoms with Gasteiger partial charge in [0, 0.05) is 21.2 Å². The number of carbonyl (C=O) groups excluding carboxylic acids is 2. The zero-order chi connectivity index (χ0) is 21.4. The number of ether oxygens (including phenoxy) is 1. The fourth-order valence-corrected chi connectivity index (χ4v) is 4.62. The Kier molecular flexibility index (Phi) is 5.37. The van der Waals surface area contributed by atoms with E-state index in [9.17, 15) is 14.7 Å². The van der Waals surface area contributed by atoms with Crippen molar-refractivity contribution in [3.05, 3.63) is 86.6 Å². The van der Waals surface area contributed by atoms with Gasteiger partial charge in [-0.15, -0.1) is 11.3 Å². The first kappa shape index (κ1) is 20.2. The molecule has 1 aliphatic heterocycles. The highest BCUT2D eigenvalue weighted by Gasteiger charge is 2.47. The molecule has 0 radical (unpaired) electrons. The van der Waals surface area contributed by atoms with E-state index >= 15 is 0 Å². The molecular formula is C23H18ClNO4S. The quantitative estimate of drug-likeness (QED) is 0.338. The number of hydrogen-bond donors (Lipinski definition) is 1. The number of carbonyl (C=O) groups is 2. The topological polar surface area (TPSA) is 66.8 Å². The van der Waals surface area contributed by atoms with Crippen LogP contribution in [0, 0.1) is 6.92 Å². The number of amides is 1. The zero-order valence-corrected chi connectivity index (χ0v) is 17.8. The lowest BCUT2D eigenvalue weighted by Gasteiger charge is -2.24. The molecule has 7 heteroatoms. The van der Waals surface area contributed by atoms with Gasteiger partial charge in [-0.1, -0.05) is 23.7 Å². The van der Waals surface area contributed by atoms with E-state index < -0.39 is 17.7 Å². The Hall–Kier alpha value is -3.09. The molecule has 4 rings (SSSR count). The number of aliphatic hydroxyl groups is 1. The van der Waals surface area contributed by atoms with Gasteiger partial charge in [0.1, 0.15) is 17.6 Å². The van der Waals surface area contributed by atoms with Gasteiger partial charge in [-0.05, 0) is 60.3 Å². The van der Waals surface area contributed by atoms with Crippen LogP contribution in [0.15, 0.2) is 65.6 Å². The van der Waals surface area contributed by atoms with Crippen molar-refractivity contribution in [1.29, 1.82) is 0 Å². The van der Waals surface area contributed by atoms with Crippen LogP contribution >= 0.6 is 22.9 Å². The third-order valence-corrected chi connectivity index (χ3v) is 6.19. The number of Topliss-reactive ketones (excluding diaryl/α,β-unsaturated/α-hetero) is 1. The molecule has 1 N–H and O–H groups in total. The number of anilines is 1.